The quantitative estimate of drug-likeness (QED) is 0.785. The van der Waals surface area contributed by atoms with Gasteiger partial charge in [-0.1, -0.05) is 18.2 Å². The molecule has 0 spiro atoms. The molecule has 1 aliphatic heterocycles. The molecule has 0 radical (unpaired) electrons. The zero-order valence-corrected chi connectivity index (χ0v) is 13.6. The molecule has 1 aliphatic rings. The number of hydrogen-bond donors (Lipinski definition) is 1. The van der Waals surface area contributed by atoms with E-state index < -0.39 is 0 Å². The molecule has 3 heterocycles. The molecule has 24 heavy (non-hydrogen) atoms. The summed E-state index contributed by atoms with van der Waals surface area (Å²) >= 11 is 0. The average molecular weight is 321 g/mol. The fourth-order valence-electron chi connectivity index (χ4n) is 3.37. The molecule has 0 atom stereocenters. The summed E-state index contributed by atoms with van der Waals surface area (Å²) in [4.78, 5) is 14.9. The van der Waals surface area contributed by atoms with Gasteiger partial charge in [-0.25, -0.2) is 0 Å². The summed E-state index contributed by atoms with van der Waals surface area (Å²) in [5.74, 6) is 0.449. The highest BCUT2D eigenvalue weighted by Crippen LogP contribution is 2.25. The van der Waals surface area contributed by atoms with Crippen molar-refractivity contribution in [3.8, 4) is 0 Å². The van der Waals surface area contributed by atoms with E-state index in [1.54, 1.807) is 0 Å². The minimum absolute atomic E-state index is 0.0550. The Balaban J connectivity index is 1.70. The Labute approximate surface area is 139 Å². The van der Waals surface area contributed by atoms with Crippen LogP contribution in [0, 0.1) is 0 Å². The van der Waals surface area contributed by atoms with E-state index >= 15 is 0 Å². The molecular weight excluding hydrogens is 302 g/mol. The molecule has 0 saturated heterocycles. The maximum Gasteiger partial charge on any atom is 0.256 e. The first kappa shape index (κ1) is 14.7. The van der Waals surface area contributed by atoms with E-state index in [4.69, 9.17) is 5.73 Å². The van der Waals surface area contributed by atoms with E-state index in [1.165, 1.54) is 0 Å². The molecule has 1 amide bonds. The smallest absolute Gasteiger partial charge is 0.256 e. The standard InChI is InChI=1S/C18H19N5O/c1-2-22-11-14(13-5-3-4-6-16(13)22)18(24)23-8-7-15-12(10-23)9-17(19)21-20-15/h3-6,9,11H,2,7-8,10H2,1H3,(H2,19,21). The van der Waals surface area contributed by atoms with Gasteiger partial charge in [0.1, 0.15) is 5.82 Å². The van der Waals surface area contributed by atoms with Gasteiger partial charge in [0.25, 0.3) is 5.91 Å². The fourth-order valence-corrected chi connectivity index (χ4v) is 3.37. The molecule has 0 fully saturated rings. The molecule has 6 heteroatoms. The molecular formula is C18H19N5O. The number of nitrogen functional groups attached to an aromatic ring is 1. The molecule has 6 nitrogen and oxygen atoms in total. The van der Waals surface area contributed by atoms with Gasteiger partial charge in [-0.15, -0.1) is 5.10 Å². The lowest BCUT2D eigenvalue weighted by molar-refractivity contribution is 0.0735. The molecule has 2 aromatic heterocycles. The minimum atomic E-state index is 0.0550. The predicted molar refractivity (Wildman–Crippen MR) is 92.5 cm³/mol. The second-order valence-electron chi connectivity index (χ2n) is 6.06. The number of nitrogens with two attached hydrogens (primary N) is 1. The molecule has 2 N–H and O–H groups in total. The third-order valence-electron chi connectivity index (χ3n) is 4.61. The van der Waals surface area contributed by atoms with Gasteiger partial charge in [-0.3, -0.25) is 4.79 Å². The Morgan fingerprint density at radius 3 is 2.96 bits per heavy atom. The zero-order chi connectivity index (χ0) is 16.7. The highest BCUT2D eigenvalue weighted by atomic mass is 16.2. The second kappa shape index (κ2) is 5.63. The van der Waals surface area contributed by atoms with Crippen LogP contribution in [-0.2, 0) is 19.5 Å². The van der Waals surface area contributed by atoms with Gasteiger partial charge < -0.3 is 15.2 Å². The number of fused-ring (bicyclic) bond motifs is 2. The first-order chi connectivity index (χ1) is 11.7. The summed E-state index contributed by atoms with van der Waals surface area (Å²) < 4.78 is 2.12. The van der Waals surface area contributed by atoms with Crippen LogP contribution in [0.2, 0.25) is 0 Å². The summed E-state index contributed by atoms with van der Waals surface area (Å²) in [6, 6.07) is 9.85. The monoisotopic (exact) mass is 321 g/mol. The van der Waals surface area contributed by atoms with Crippen LogP contribution in [-0.4, -0.2) is 32.1 Å². The molecule has 0 saturated carbocycles. The van der Waals surface area contributed by atoms with E-state index in [2.05, 4.69) is 27.8 Å². The Morgan fingerprint density at radius 2 is 2.12 bits per heavy atom. The number of rotatable bonds is 2. The van der Waals surface area contributed by atoms with Gasteiger partial charge in [0.2, 0.25) is 0 Å². The van der Waals surface area contributed by atoms with Gasteiger partial charge in [-0.2, -0.15) is 5.10 Å². The number of benzene rings is 1. The Kier molecular flexibility index (Phi) is 3.45. The van der Waals surface area contributed by atoms with Crippen molar-refractivity contribution in [3.63, 3.8) is 0 Å². The first-order valence-electron chi connectivity index (χ1n) is 8.15. The summed E-state index contributed by atoms with van der Waals surface area (Å²) in [5.41, 5.74) is 9.50. The summed E-state index contributed by atoms with van der Waals surface area (Å²) in [7, 11) is 0. The molecule has 0 aliphatic carbocycles. The first-order valence-corrected chi connectivity index (χ1v) is 8.15. The number of para-hydroxylation sites is 1. The van der Waals surface area contributed by atoms with Crippen molar-refractivity contribution >= 4 is 22.6 Å². The third kappa shape index (κ3) is 2.31. The SMILES string of the molecule is CCn1cc(C(=O)N2CCc3nnc(N)cc3C2)c2ccccc21. The maximum atomic E-state index is 13.1. The van der Waals surface area contributed by atoms with Gasteiger partial charge in [0.15, 0.2) is 0 Å². The van der Waals surface area contributed by atoms with E-state index in [9.17, 15) is 4.79 Å². The number of aromatic nitrogens is 3. The van der Waals surface area contributed by atoms with E-state index in [0.29, 0.717) is 25.3 Å². The van der Waals surface area contributed by atoms with Crippen LogP contribution in [0.25, 0.3) is 10.9 Å². The van der Waals surface area contributed by atoms with Crippen LogP contribution in [0.15, 0.2) is 36.5 Å². The highest BCUT2D eigenvalue weighted by molar-refractivity contribution is 6.07. The van der Waals surface area contributed by atoms with Crippen LogP contribution < -0.4 is 5.73 Å². The number of nitrogens with zero attached hydrogens (tertiary/aromatic N) is 4. The number of carbonyl (C=O) groups is 1. The topological polar surface area (TPSA) is 77.0 Å². The Morgan fingerprint density at radius 1 is 1.29 bits per heavy atom. The van der Waals surface area contributed by atoms with E-state index in [-0.39, 0.29) is 5.91 Å². The van der Waals surface area contributed by atoms with Crippen molar-refractivity contribution < 1.29 is 4.79 Å². The van der Waals surface area contributed by atoms with Crippen LogP contribution in [0.5, 0.6) is 0 Å². The third-order valence-corrected chi connectivity index (χ3v) is 4.61. The number of carbonyl (C=O) groups excluding carboxylic acids is 1. The summed E-state index contributed by atoms with van der Waals surface area (Å²) in [5, 5.41) is 9.03. The van der Waals surface area contributed by atoms with Crippen LogP contribution >= 0.6 is 0 Å². The number of anilines is 1. The number of hydrogen-bond acceptors (Lipinski definition) is 4. The van der Waals surface area contributed by atoms with Crippen molar-refractivity contribution in [2.45, 2.75) is 26.4 Å². The molecule has 0 bridgehead atoms. The lowest BCUT2D eigenvalue weighted by atomic mass is 10.0. The highest BCUT2D eigenvalue weighted by Gasteiger charge is 2.25. The normalized spacial score (nSPS) is 14.0. The number of amides is 1. The number of aryl methyl sites for hydroxylation is 1. The van der Waals surface area contributed by atoms with Crippen LogP contribution in [0.3, 0.4) is 0 Å². The zero-order valence-electron chi connectivity index (χ0n) is 13.6. The maximum absolute atomic E-state index is 13.1. The van der Waals surface area contributed by atoms with Crippen molar-refractivity contribution in [2.75, 3.05) is 12.3 Å². The summed E-state index contributed by atoms with van der Waals surface area (Å²) in [6.07, 6.45) is 2.67. The predicted octanol–water partition coefficient (Wildman–Crippen LogP) is 2.23. The molecule has 0 unspecified atom stereocenters. The molecule has 3 aromatic rings. The van der Waals surface area contributed by atoms with Crippen molar-refractivity contribution in [1.82, 2.24) is 19.7 Å². The largest absolute Gasteiger partial charge is 0.382 e. The lowest BCUT2D eigenvalue weighted by Crippen LogP contribution is -2.36. The summed E-state index contributed by atoms with van der Waals surface area (Å²) in [6.45, 7) is 4.09. The Hall–Kier alpha value is -2.89. The van der Waals surface area contributed by atoms with Gasteiger partial charge in [0.05, 0.1) is 11.3 Å². The molecule has 4 rings (SSSR count). The van der Waals surface area contributed by atoms with Crippen molar-refractivity contribution in [2.24, 2.45) is 0 Å². The van der Waals surface area contributed by atoms with Crippen LogP contribution in [0.1, 0.15) is 28.5 Å². The average Bonchev–Trinajstić information content (AvgIpc) is 2.99. The van der Waals surface area contributed by atoms with Crippen LogP contribution in [0.4, 0.5) is 5.82 Å². The fraction of sp³-hybridized carbons (Fsp3) is 0.278. The van der Waals surface area contributed by atoms with Gasteiger partial charge in [0, 0.05) is 43.2 Å². The molecule has 1 aromatic carbocycles. The lowest BCUT2D eigenvalue weighted by Gasteiger charge is -2.27. The van der Waals surface area contributed by atoms with Crippen molar-refractivity contribution in [3.05, 3.63) is 53.3 Å². The van der Waals surface area contributed by atoms with Gasteiger partial charge >= 0.3 is 0 Å². The Bertz CT molecular complexity index is 930. The van der Waals surface area contributed by atoms with Crippen molar-refractivity contribution in [1.29, 1.82) is 0 Å². The molecule has 122 valence electrons. The van der Waals surface area contributed by atoms with E-state index in [0.717, 1.165) is 34.3 Å². The van der Waals surface area contributed by atoms with Gasteiger partial charge in [-0.05, 0) is 24.6 Å². The minimum Gasteiger partial charge on any atom is -0.382 e. The van der Waals surface area contributed by atoms with E-state index in [1.807, 2.05) is 35.4 Å². The second-order valence-corrected chi connectivity index (χ2v) is 6.06.